The molecule has 1 atom stereocenters. The van der Waals surface area contributed by atoms with Crippen molar-refractivity contribution in [2.75, 3.05) is 14.1 Å². The Morgan fingerprint density at radius 2 is 1.41 bits per heavy atom. The maximum absolute atomic E-state index is 4.90. The van der Waals surface area contributed by atoms with Crippen LogP contribution in [-0.4, -0.2) is 41.6 Å². The molecule has 0 N–H and O–H groups in total. The summed E-state index contributed by atoms with van der Waals surface area (Å²) in [5.74, 6) is 1.51. The van der Waals surface area contributed by atoms with Crippen molar-refractivity contribution in [3.8, 4) is 0 Å². The van der Waals surface area contributed by atoms with E-state index in [1.54, 1.807) is 10.0 Å². The van der Waals surface area contributed by atoms with E-state index < -0.39 is 0 Å². The van der Waals surface area contributed by atoms with Crippen LogP contribution in [0, 0.1) is 0 Å². The Bertz CT molecular complexity index is 1240. The van der Waals surface area contributed by atoms with E-state index in [2.05, 4.69) is 49.5 Å². The number of allylic oxidation sites excluding steroid dienone is 5. The van der Waals surface area contributed by atoms with E-state index in [-0.39, 0.29) is 6.04 Å². The summed E-state index contributed by atoms with van der Waals surface area (Å²) in [5.41, 5.74) is 4.24. The van der Waals surface area contributed by atoms with Crippen LogP contribution >= 0.6 is 10.1 Å². The quantitative estimate of drug-likeness (QED) is 0.507. The van der Waals surface area contributed by atoms with Gasteiger partial charge < -0.3 is 26.0 Å². The second-order valence-corrected chi connectivity index (χ2v) is 7.53. The molecule has 6 bridgehead atoms. The molecule has 7 nitrogen and oxygen atoms in total. The van der Waals surface area contributed by atoms with Crippen molar-refractivity contribution < 1.29 is 15.1 Å². The van der Waals surface area contributed by atoms with Gasteiger partial charge in [-0.05, 0) is 61.4 Å². The molecule has 1 aromatic carbocycles. The molecule has 9 heteroatoms. The van der Waals surface area contributed by atoms with E-state index in [4.69, 9.17) is 26.2 Å². The van der Waals surface area contributed by atoms with Gasteiger partial charge in [0.1, 0.15) is 0 Å². The zero-order chi connectivity index (χ0) is 22.8. The molecule has 1 aromatic rings. The molecule has 0 spiro atoms. The molecule has 0 aromatic heterocycles. The normalized spacial score (nSPS) is 20.5. The minimum absolute atomic E-state index is 0.139. The zero-order valence-corrected chi connectivity index (χ0v) is 20.1. The summed E-state index contributed by atoms with van der Waals surface area (Å²) in [6.07, 6.45) is 14.1. The summed E-state index contributed by atoms with van der Waals surface area (Å²) < 4.78 is 0. The number of fused-ring (bicyclic) bond motifs is 4. The average Bonchev–Trinajstić information content (AvgIpc) is 2.84. The zero-order valence-electron chi connectivity index (χ0n) is 18.2. The van der Waals surface area contributed by atoms with Crippen molar-refractivity contribution in [1.82, 2.24) is 10.0 Å². The monoisotopic (exact) mass is 486 g/mol. The van der Waals surface area contributed by atoms with E-state index in [9.17, 15) is 0 Å². The summed E-state index contributed by atoms with van der Waals surface area (Å²) in [6, 6.07) is 4.01. The van der Waals surface area contributed by atoms with Gasteiger partial charge in [0, 0.05) is 11.4 Å². The fraction of sp³-hybridized carbons (Fsp3) is 0.217. The van der Waals surface area contributed by atoms with Gasteiger partial charge in [-0.1, -0.05) is 60.7 Å². The molecule has 4 heterocycles. The Morgan fingerprint density at radius 1 is 0.844 bits per heavy atom. The Balaban J connectivity index is 0.00000119. The van der Waals surface area contributed by atoms with Crippen molar-refractivity contribution in [3.05, 3.63) is 86.2 Å². The molecule has 0 saturated heterocycles. The summed E-state index contributed by atoms with van der Waals surface area (Å²) in [5, 5.41) is 29.8. The number of rotatable bonds is 0. The van der Waals surface area contributed by atoms with Gasteiger partial charge in [-0.3, -0.25) is 10.2 Å². The fourth-order valence-corrected chi connectivity index (χ4v) is 3.72. The van der Waals surface area contributed by atoms with Gasteiger partial charge >= 0.3 is 25.2 Å². The van der Waals surface area contributed by atoms with Crippen LogP contribution in [0.3, 0.4) is 0 Å². The predicted molar refractivity (Wildman–Crippen MR) is 129 cm³/mol. The van der Waals surface area contributed by atoms with Crippen LogP contribution in [0.1, 0.15) is 13.8 Å². The first-order valence-electron chi connectivity index (χ1n) is 10.0. The second-order valence-electron chi connectivity index (χ2n) is 7.53. The van der Waals surface area contributed by atoms with Crippen LogP contribution in [0.25, 0.3) is 28.1 Å². The van der Waals surface area contributed by atoms with E-state index in [0.29, 0.717) is 0 Å². The first kappa shape index (κ1) is 22.3. The van der Waals surface area contributed by atoms with Crippen molar-refractivity contribution in [2.24, 2.45) is 10.2 Å². The topological polar surface area (TPSA) is 73.5 Å². The number of nitrogens with zero attached hydrogens (tertiary/aromatic N) is 7. The van der Waals surface area contributed by atoms with Crippen molar-refractivity contribution in [3.63, 3.8) is 0 Å². The third-order valence-electron chi connectivity index (χ3n) is 5.39. The Hall–Kier alpha value is -2.93. The third-order valence-corrected chi connectivity index (χ3v) is 5.39. The Kier molecular flexibility index (Phi) is 6.46. The number of halogens is 1. The van der Waals surface area contributed by atoms with E-state index in [1.807, 2.05) is 58.3 Å². The standard InChI is InChI=1S/C23H22N7.ClH.Mn/c1-14-18-6-5-7-19(24-18)15(2)28-30(4)21-13-11-17-9-8-16-10-12-20(29(3)27-14)25-22(16)23(17)26-21;;/h5-13,18H,1-4H3;1H;/q-3;;+2/p-1. The van der Waals surface area contributed by atoms with Gasteiger partial charge in [0.15, 0.2) is 0 Å². The molecule has 0 amide bonds. The molecule has 0 aliphatic carbocycles. The van der Waals surface area contributed by atoms with E-state index in [1.165, 1.54) is 0 Å². The predicted octanol–water partition coefficient (Wildman–Crippen LogP) is 4.48. The average molecular weight is 487 g/mol. The van der Waals surface area contributed by atoms with Gasteiger partial charge in [0.25, 0.3) is 0 Å². The van der Waals surface area contributed by atoms with Gasteiger partial charge in [-0.25, -0.2) is 0 Å². The number of hydrazone groups is 2. The molecule has 1 unspecified atom stereocenters. The number of hydrogen-bond donors (Lipinski definition) is 0. The fourth-order valence-electron chi connectivity index (χ4n) is 3.72. The van der Waals surface area contributed by atoms with Crippen LogP contribution in [0.2, 0.25) is 0 Å². The summed E-state index contributed by atoms with van der Waals surface area (Å²) in [7, 11) is 8.26. The third kappa shape index (κ3) is 4.21. The number of hydrogen-bond acceptors (Lipinski definition) is 4. The van der Waals surface area contributed by atoms with E-state index in [0.717, 1.165) is 50.6 Å². The number of benzene rings is 1. The van der Waals surface area contributed by atoms with Gasteiger partial charge in [0.05, 0.1) is 0 Å². The SMILES string of the molecule is CC1=NN(C)C2=CC=c3ccc4c(c3[N-]2)[N-]C(=CC=4)N(C)N=C(C)C2C=CC=C1[N-]2.[Cl][Mn+]. The molecule has 4 aliphatic rings. The van der Waals surface area contributed by atoms with E-state index >= 15 is 0 Å². The summed E-state index contributed by atoms with van der Waals surface area (Å²) >= 11 is 2.41. The second kappa shape index (κ2) is 9.28. The molecule has 32 heavy (non-hydrogen) atoms. The van der Waals surface area contributed by atoms with Gasteiger partial charge in [-0.2, -0.15) is 0 Å². The van der Waals surface area contributed by atoms with Gasteiger partial charge in [-0.15, -0.1) is 5.70 Å². The van der Waals surface area contributed by atoms with Crippen LogP contribution in [0.5, 0.6) is 0 Å². The van der Waals surface area contributed by atoms with Crippen LogP contribution in [0.15, 0.2) is 70.1 Å². The minimum atomic E-state index is -0.139. The molecule has 165 valence electrons. The summed E-state index contributed by atoms with van der Waals surface area (Å²) in [4.78, 5) is 0. The molecular formula is C23H22ClMnN7-2. The first-order chi connectivity index (χ1) is 15.5. The van der Waals surface area contributed by atoms with Crippen molar-refractivity contribution >= 4 is 45.0 Å². The Morgan fingerprint density at radius 3 is 2.00 bits per heavy atom. The molecule has 4 aliphatic heterocycles. The molecule has 0 fully saturated rings. The van der Waals surface area contributed by atoms with Crippen LogP contribution < -0.4 is 10.4 Å². The van der Waals surface area contributed by atoms with Gasteiger partial charge in [0.2, 0.25) is 0 Å². The molecule has 0 radical (unpaired) electrons. The molecule has 5 rings (SSSR count). The Labute approximate surface area is 200 Å². The summed E-state index contributed by atoms with van der Waals surface area (Å²) in [6.45, 7) is 3.95. The molecule has 0 saturated carbocycles. The van der Waals surface area contributed by atoms with Crippen molar-refractivity contribution in [2.45, 2.75) is 19.9 Å². The molecular weight excluding hydrogens is 465 g/mol. The first-order valence-corrected chi connectivity index (χ1v) is 11.6. The van der Waals surface area contributed by atoms with Crippen molar-refractivity contribution in [1.29, 1.82) is 0 Å². The maximum atomic E-state index is 4.90. The van der Waals surface area contributed by atoms with Crippen LogP contribution in [0.4, 0.5) is 11.4 Å². The van der Waals surface area contributed by atoms with Crippen LogP contribution in [-0.2, 0) is 15.1 Å².